The predicted octanol–water partition coefficient (Wildman–Crippen LogP) is 3.17. The highest BCUT2D eigenvalue weighted by molar-refractivity contribution is 7.90. The minimum Gasteiger partial charge on any atom is -0.457 e. The molecule has 41 heavy (non-hydrogen) atoms. The summed E-state index contributed by atoms with van der Waals surface area (Å²) in [6.07, 6.45) is 0.826. The van der Waals surface area contributed by atoms with Crippen LogP contribution in [0.1, 0.15) is 24.2 Å². The molecule has 214 valence electrons. The van der Waals surface area contributed by atoms with E-state index < -0.39 is 64.5 Å². The second-order valence-corrected chi connectivity index (χ2v) is 11.8. The van der Waals surface area contributed by atoms with Crippen LogP contribution in [0.4, 0.5) is 4.79 Å². The highest BCUT2D eigenvalue weighted by Crippen LogP contribution is 2.49. The van der Waals surface area contributed by atoms with Gasteiger partial charge in [-0.1, -0.05) is 56.5 Å². The molecule has 1 fully saturated rings. The maximum atomic E-state index is 13.8. The Kier molecular flexibility index (Phi) is 7.20. The van der Waals surface area contributed by atoms with Crippen molar-refractivity contribution in [2.75, 3.05) is 19.8 Å². The molecule has 1 saturated heterocycles. The number of amides is 2. The second kappa shape index (κ2) is 10.5. The summed E-state index contributed by atoms with van der Waals surface area (Å²) in [5, 5.41) is 0.945. The maximum Gasteiger partial charge on any atom is 0.508 e. The fourth-order valence-electron chi connectivity index (χ4n) is 5.79. The fourth-order valence-corrected chi connectivity index (χ4v) is 7.39. The van der Waals surface area contributed by atoms with E-state index in [1.54, 1.807) is 37.3 Å². The quantitative estimate of drug-likeness (QED) is 0.249. The third-order valence-corrected chi connectivity index (χ3v) is 9.40. The highest BCUT2D eigenvalue weighted by atomic mass is 32.2. The number of β-lactam (4-membered cyclic amide) rings is 1. The number of carbonyl (C=O) groups excluding carboxylic acids is 4. The number of rotatable bonds is 9. The average Bonchev–Trinajstić information content (AvgIpc) is 3.19. The average molecular weight is 581 g/mol. The summed E-state index contributed by atoms with van der Waals surface area (Å²) in [6.45, 7) is 9.55. The summed E-state index contributed by atoms with van der Waals surface area (Å²) in [6, 6.07) is 9.06. The Hall–Kier alpha value is -4.45. The minimum absolute atomic E-state index is 0.0236. The molecule has 0 radical (unpaired) electrons. The van der Waals surface area contributed by atoms with Gasteiger partial charge in [-0.05, 0) is 30.0 Å². The monoisotopic (exact) mass is 580 g/mol. The molecule has 3 heterocycles. The number of benzene rings is 2. The Bertz CT molecular complexity index is 1640. The third kappa shape index (κ3) is 4.38. The lowest BCUT2D eigenvalue weighted by Gasteiger charge is -2.47. The molecule has 0 bridgehead atoms. The highest BCUT2D eigenvalue weighted by Gasteiger charge is 2.61. The normalized spacial score (nSPS) is 23.0. The molecule has 12 heteroatoms. The van der Waals surface area contributed by atoms with Gasteiger partial charge in [0.15, 0.2) is 0 Å². The summed E-state index contributed by atoms with van der Waals surface area (Å²) in [7, 11) is -4.31. The van der Waals surface area contributed by atoms with Crippen LogP contribution in [0.3, 0.4) is 0 Å². The molecule has 0 spiro atoms. The summed E-state index contributed by atoms with van der Waals surface area (Å²) in [5.41, 5.74) is 0.323. The molecule has 0 unspecified atom stereocenters. The molecular weight excluding hydrogens is 552 g/mol. The van der Waals surface area contributed by atoms with Crippen LogP contribution in [0.2, 0.25) is 0 Å². The summed E-state index contributed by atoms with van der Waals surface area (Å²) in [5.74, 6) is -3.54. The van der Waals surface area contributed by atoms with Crippen molar-refractivity contribution in [3.63, 3.8) is 0 Å². The van der Waals surface area contributed by atoms with E-state index in [2.05, 4.69) is 13.2 Å². The van der Waals surface area contributed by atoms with E-state index in [0.717, 1.165) is 4.31 Å². The van der Waals surface area contributed by atoms with Crippen LogP contribution in [0.5, 0.6) is 0 Å². The molecule has 0 aliphatic carbocycles. The smallest absolute Gasteiger partial charge is 0.457 e. The van der Waals surface area contributed by atoms with Crippen molar-refractivity contribution < 1.29 is 41.8 Å². The lowest BCUT2D eigenvalue weighted by molar-refractivity contribution is -0.164. The number of esters is 1. The summed E-state index contributed by atoms with van der Waals surface area (Å²) in [4.78, 5) is 53.4. The standard InChI is InChI=1S/C29H28N2O9S/c1-5-13-38-28(34)25-20(16(3)24-22(27(33)31(24)25)17(4)40-29(35)39-14-6-2)15-30-26(32)19-11-7-9-18-10-8-12-21(23(18)19)41(30,36)37/h5-12,16-17,22,24H,1-2,13-15H2,3-4H3/t16-,17+,22+,24+/m0/s1. The van der Waals surface area contributed by atoms with Gasteiger partial charge in [-0.15, -0.1) is 0 Å². The predicted molar refractivity (Wildman–Crippen MR) is 146 cm³/mol. The third-order valence-electron chi connectivity index (χ3n) is 7.63. The molecular formula is C29H28N2O9S. The Morgan fingerprint density at radius 2 is 1.71 bits per heavy atom. The molecule has 5 rings (SSSR count). The number of carbonyl (C=O) groups is 4. The van der Waals surface area contributed by atoms with Crippen LogP contribution in [0.15, 0.2) is 77.9 Å². The van der Waals surface area contributed by atoms with Crippen molar-refractivity contribution in [1.29, 1.82) is 0 Å². The molecule has 0 aromatic heterocycles. The Morgan fingerprint density at radius 3 is 2.39 bits per heavy atom. The number of hydrogen-bond acceptors (Lipinski definition) is 9. The number of sulfonamides is 1. The molecule has 2 aromatic carbocycles. The van der Waals surface area contributed by atoms with Crippen LogP contribution in [0.25, 0.3) is 10.8 Å². The van der Waals surface area contributed by atoms with Crippen LogP contribution in [-0.2, 0) is 33.8 Å². The first kappa shape index (κ1) is 28.1. The van der Waals surface area contributed by atoms with Gasteiger partial charge in [-0.25, -0.2) is 22.3 Å². The summed E-state index contributed by atoms with van der Waals surface area (Å²) >= 11 is 0. The number of ether oxygens (including phenoxy) is 3. The van der Waals surface area contributed by atoms with E-state index >= 15 is 0 Å². The SMILES string of the molecule is C=CCOC(=O)O[C@H](C)[C@H]1C(=O)N2C(C(=O)OCC=C)=C(CN3C(=O)c4cccc5cccc(c45)S3(=O)=O)[C@H](C)[C@H]12. The van der Waals surface area contributed by atoms with E-state index in [0.29, 0.717) is 10.8 Å². The van der Waals surface area contributed by atoms with Gasteiger partial charge in [-0.2, -0.15) is 0 Å². The van der Waals surface area contributed by atoms with Crippen LogP contribution in [0, 0.1) is 11.8 Å². The lowest BCUT2D eigenvalue weighted by Crippen LogP contribution is -2.64. The second-order valence-electron chi connectivity index (χ2n) is 9.92. The van der Waals surface area contributed by atoms with Crippen molar-refractivity contribution in [3.8, 4) is 0 Å². The zero-order valence-corrected chi connectivity index (χ0v) is 23.3. The fraction of sp³-hybridized carbons (Fsp3) is 0.310. The van der Waals surface area contributed by atoms with E-state index in [1.807, 2.05) is 0 Å². The number of hydrogen-bond donors (Lipinski definition) is 0. The topological polar surface area (TPSA) is 137 Å². The van der Waals surface area contributed by atoms with Gasteiger partial charge in [0, 0.05) is 16.9 Å². The Balaban J connectivity index is 1.51. The maximum absolute atomic E-state index is 13.8. The molecule has 0 saturated carbocycles. The van der Waals surface area contributed by atoms with Crippen LogP contribution >= 0.6 is 0 Å². The largest absolute Gasteiger partial charge is 0.508 e. The van der Waals surface area contributed by atoms with E-state index in [9.17, 15) is 27.6 Å². The van der Waals surface area contributed by atoms with Crippen molar-refractivity contribution in [2.24, 2.45) is 11.8 Å². The van der Waals surface area contributed by atoms with Crippen LogP contribution in [-0.4, -0.2) is 73.5 Å². The molecule has 4 atom stereocenters. The van der Waals surface area contributed by atoms with E-state index in [-0.39, 0.29) is 34.9 Å². The lowest BCUT2D eigenvalue weighted by atomic mass is 9.77. The molecule has 0 N–H and O–H groups in total. The van der Waals surface area contributed by atoms with Gasteiger partial charge in [0.05, 0.1) is 23.4 Å². The molecule has 11 nitrogen and oxygen atoms in total. The molecule has 3 aliphatic rings. The van der Waals surface area contributed by atoms with Gasteiger partial charge < -0.3 is 19.1 Å². The first-order chi connectivity index (χ1) is 19.5. The minimum atomic E-state index is -4.31. The van der Waals surface area contributed by atoms with Gasteiger partial charge in [-0.3, -0.25) is 9.59 Å². The molecule has 2 aromatic rings. The van der Waals surface area contributed by atoms with Crippen molar-refractivity contribution in [1.82, 2.24) is 9.21 Å². The Labute approximate surface area is 236 Å². The molecule has 2 amide bonds. The van der Waals surface area contributed by atoms with Crippen molar-refractivity contribution in [2.45, 2.75) is 30.9 Å². The first-order valence-electron chi connectivity index (χ1n) is 12.9. The van der Waals surface area contributed by atoms with Gasteiger partial charge in [0.2, 0.25) is 5.91 Å². The van der Waals surface area contributed by atoms with Gasteiger partial charge in [0.25, 0.3) is 15.9 Å². The zero-order valence-electron chi connectivity index (χ0n) is 22.4. The summed E-state index contributed by atoms with van der Waals surface area (Å²) < 4.78 is 43.7. The number of fused-ring (bicyclic) bond motifs is 1. The van der Waals surface area contributed by atoms with E-state index in [4.69, 9.17) is 14.2 Å². The molecule has 3 aliphatic heterocycles. The zero-order chi connectivity index (χ0) is 29.6. The van der Waals surface area contributed by atoms with Crippen molar-refractivity contribution in [3.05, 3.63) is 78.5 Å². The van der Waals surface area contributed by atoms with Crippen molar-refractivity contribution >= 4 is 44.7 Å². The van der Waals surface area contributed by atoms with Gasteiger partial charge >= 0.3 is 12.1 Å². The Morgan fingerprint density at radius 1 is 1.05 bits per heavy atom. The van der Waals surface area contributed by atoms with Gasteiger partial charge in [0.1, 0.15) is 25.0 Å². The first-order valence-corrected chi connectivity index (χ1v) is 14.4. The number of nitrogens with zero attached hydrogens (tertiary/aromatic N) is 2. The van der Waals surface area contributed by atoms with E-state index in [1.165, 1.54) is 30.0 Å². The van der Waals surface area contributed by atoms with Crippen LogP contribution < -0.4 is 0 Å².